The summed E-state index contributed by atoms with van der Waals surface area (Å²) < 4.78 is 19.6. The molecule has 0 saturated heterocycles. The molecule has 0 bridgehead atoms. The second kappa shape index (κ2) is 4.20. The number of primary amides is 1. The Morgan fingerprint density at radius 1 is 1.59 bits per heavy atom. The molecule has 6 nitrogen and oxygen atoms in total. The molecule has 0 fully saturated rings. The summed E-state index contributed by atoms with van der Waals surface area (Å²) in [4.78, 5) is 14.6. The van der Waals surface area contributed by atoms with Crippen molar-refractivity contribution in [2.75, 3.05) is 7.11 Å². The highest BCUT2D eigenvalue weighted by Crippen LogP contribution is 2.17. The summed E-state index contributed by atoms with van der Waals surface area (Å²) in [5.41, 5.74) is 5.24. The Morgan fingerprint density at radius 2 is 2.35 bits per heavy atom. The predicted molar refractivity (Wildman–Crippen MR) is 56.4 cm³/mol. The minimum absolute atomic E-state index is 0.0557. The standard InChI is InChI=1S/C10H9FN4O2/c1-17-9-4-8(6(11)5-13-9)15-3-2-7(14-15)10(12)16/h2-5H,1H3,(H2,12,16). The van der Waals surface area contributed by atoms with Crippen molar-refractivity contribution in [3.8, 4) is 11.6 Å². The molecule has 0 aliphatic rings. The van der Waals surface area contributed by atoms with Crippen molar-refractivity contribution >= 4 is 5.91 Å². The monoisotopic (exact) mass is 236 g/mol. The van der Waals surface area contributed by atoms with Gasteiger partial charge in [0.1, 0.15) is 11.4 Å². The fourth-order valence-corrected chi connectivity index (χ4v) is 1.29. The van der Waals surface area contributed by atoms with Crippen molar-refractivity contribution in [1.29, 1.82) is 0 Å². The van der Waals surface area contributed by atoms with Gasteiger partial charge in [0.05, 0.1) is 13.3 Å². The van der Waals surface area contributed by atoms with Crippen molar-refractivity contribution in [2.45, 2.75) is 0 Å². The normalized spacial score (nSPS) is 10.2. The highest BCUT2D eigenvalue weighted by Gasteiger charge is 2.11. The molecule has 2 N–H and O–H groups in total. The number of carbonyl (C=O) groups excluding carboxylic acids is 1. The molecule has 0 aliphatic carbocycles. The van der Waals surface area contributed by atoms with E-state index in [-0.39, 0.29) is 17.3 Å². The average molecular weight is 236 g/mol. The van der Waals surface area contributed by atoms with E-state index in [0.717, 1.165) is 6.20 Å². The lowest BCUT2D eigenvalue weighted by atomic mass is 10.4. The van der Waals surface area contributed by atoms with E-state index in [1.807, 2.05) is 0 Å². The third kappa shape index (κ3) is 2.07. The lowest BCUT2D eigenvalue weighted by Crippen LogP contribution is -2.12. The Bertz CT molecular complexity index is 567. The summed E-state index contributed by atoms with van der Waals surface area (Å²) in [6, 6.07) is 2.77. The first-order chi connectivity index (χ1) is 8.11. The number of carbonyl (C=O) groups is 1. The van der Waals surface area contributed by atoms with E-state index in [9.17, 15) is 9.18 Å². The van der Waals surface area contributed by atoms with Gasteiger partial charge in [0, 0.05) is 12.3 Å². The maximum atomic E-state index is 13.5. The summed E-state index contributed by atoms with van der Waals surface area (Å²) in [6.07, 6.45) is 2.44. The molecule has 17 heavy (non-hydrogen) atoms. The molecule has 7 heteroatoms. The average Bonchev–Trinajstić information content (AvgIpc) is 2.79. The van der Waals surface area contributed by atoms with Gasteiger partial charge in [-0.15, -0.1) is 0 Å². The van der Waals surface area contributed by atoms with Gasteiger partial charge in [-0.3, -0.25) is 4.79 Å². The SMILES string of the molecule is COc1cc(-n2ccc(C(N)=O)n2)c(F)cn1. The van der Waals surface area contributed by atoms with Gasteiger partial charge in [-0.05, 0) is 6.07 Å². The molecule has 0 spiro atoms. The zero-order chi connectivity index (χ0) is 12.4. The van der Waals surface area contributed by atoms with Crippen LogP contribution in [0.15, 0.2) is 24.5 Å². The van der Waals surface area contributed by atoms with Crippen LogP contribution in [0.2, 0.25) is 0 Å². The van der Waals surface area contributed by atoms with Gasteiger partial charge in [-0.25, -0.2) is 14.1 Å². The van der Waals surface area contributed by atoms with E-state index in [0.29, 0.717) is 0 Å². The third-order valence-corrected chi connectivity index (χ3v) is 2.11. The van der Waals surface area contributed by atoms with Crippen LogP contribution in [0.5, 0.6) is 5.88 Å². The molecule has 2 heterocycles. The molecular weight excluding hydrogens is 227 g/mol. The number of halogens is 1. The van der Waals surface area contributed by atoms with E-state index in [4.69, 9.17) is 10.5 Å². The maximum Gasteiger partial charge on any atom is 0.269 e. The van der Waals surface area contributed by atoms with Crippen LogP contribution < -0.4 is 10.5 Å². The number of nitrogens with two attached hydrogens (primary N) is 1. The smallest absolute Gasteiger partial charge is 0.269 e. The Labute approximate surface area is 95.8 Å². The summed E-state index contributed by atoms with van der Waals surface area (Å²) in [6.45, 7) is 0. The zero-order valence-electron chi connectivity index (χ0n) is 8.92. The number of pyridine rings is 1. The van der Waals surface area contributed by atoms with Crippen LogP contribution in [-0.4, -0.2) is 27.8 Å². The highest BCUT2D eigenvalue weighted by molar-refractivity contribution is 5.90. The van der Waals surface area contributed by atoms with Crippen LogP contribution in [0.3, 0.4) is 0 Å². The minimum Gasteiger partial charge on any atom is -0.481 e. The lowest BCUT2D eigenvalue weighted by Gasteiger charge is -2.04. The van der Waals surface area contributed by atoms with Crippen LogP contribution in [0, 0.1) is 5.82 Å². The van der Waals surface area contributed by atoms with Crippen LogP contribution in [0.25, 0.3) is 5.69 Å². The third-order valence-electron chi connectivity index (χ3n) is 2.11. The van der Waals surface area contributed by atoms with Crippen molar-refractivity contribution in [1.82, 2.24) is 14.8 Å². The van der Waals surface area contributed by atoms with Crippen LogP contribution in [-0.2, 0) is 0 Å². The number of aromatic nitrogens is 3. The summed E-state index contributed by atoms with van der Waals surface area (Å²) >= 11 is 0. The van der Waals surface area contributed by atoms with Gasteiger partial charge in [-0.2, -0.15) is 5.10 Å². The van der Waals surface area contributed by atoms with Crippen molar-refractivity contribution in [2.24, 2.45) is 5.73 Å². The molecule has 0 atom stereocenters. The van der Waals surface area contributed by atoms with E-state index >= 15 is 0 Å². The molecule has 88 valence electrons. The predicted octanol–water partition coefficient (Wildman–Crippen LogP) is 0.514. The molecule has 0 aromatic carbocycles. The summed E-state index contributed by atoms with van der Waals surface area (Å²) in [7, 11) is 1.42. The fourth-order valence-electron chi connectivity index (χ4n) is 1.29. The first-order valence-electron chi connectivity index (χ1n) is 4.67. The van der Waals surface area contributed by atoms with Gasteiger partial charge >= 0.3 is 0 Å². The molecule has 2 aromatic rings. The largest absolute Gasteiger partial charge is 0.481 e. The van der Waals surface area contributed by atoms with Crippen LogP contribution in [0.4, 0.5) is 4.39 Å². The molecule has 2 rings (SSSR count). The quantitative estimate of drug-likeness (QED) is 0.841. The topological polar surface area (TPSA) is 83.0 Å². The molecule has 0 saturated carbocycles. The fraction of sp³-hybridized carbons (Fsp3) is 0.100. The Balaban J connectivity index is 2.47. The van der Waals surface area contributed by atoms with E-state index in [1.165, 1.54) is 30.1 Å². The second-order valence-corrected chi connectivity index (χ2v) is 3.19. The summed E-state index contributed by atoms with van der Waals surface area (Å²) in [5, 5.41) is 3.84. The molecule has 0 radical (unpaired) electrons. The Morgan fingerprint density at radius 3 is 2.94 bits per heavy atom. The number of rotatable bonds is 3. The van der Waals surface area contributed by atoms with Gasteiger partial charge in [0.15, 0.2) is 5.82 Å². The summed E-state index contributed by atoms with van der Waals surface area (Å²) in [5.74, 6) is -1.01. The van der Waals surface area contributed by atoms with Gasteiger partial charge < -0.3 is 10.5 Å². The number of ether oxygens (including phenoxy) is 1. The van der Waals surface area contributed by atoms with Crippen LogP contribution >= 0.6 is 0 Å². The molecule has 0 unspecified atom stereocenters. The molecule has 0 aliphatic heterocycles. The first-order valence-corrected chi connectivity index (χ1v) is 4.67. The van der Waals surface area contributed by atoms with E-state index < -0.39 is 11.7 Å². The second-order valence-electron chi connectivity index (χ2n) is 3.19. The zero-order valence-corrected chi connectivity index (χ0v) is 8.92. The Hall–Kier alpha value is -2.44. The molecule has 2 aromatic heterocycles. The van der Waals surface area contributed by atoms with E-state index in [1.54, 1.807) is 0 Å². The number of amides is 1. The highest BCUT2D eigenvalue weighted by atomic mass is 19.1. The van der Waals surface area contributed by atoms with Gasteiger partial charge in [0.25, 0.3) is 5.91 Å². The number of nitrogens with zero attached hydrogens (tertiary/aromatic N) is 3. The van der Waals surface area contributed by atoms with Crippen molar-refractivity contribution in [3.63, 3.8) is 0 Å². The first kappa shape index (κ1) is 11.1. The van der Waals surface area contributed by atoms with Crippen molar-refractivity contribution < 1.29 is 13.9 Å². The Kier molecular flexibility index (Phi) is 2.73. The number of methoxy groups -OCH3 is 1. The van der Waals surface area contributed by atoms with Gasteiger partial charge in [0.2, 0.25) is 5.88 Å². The lowest BCUT2D eigenvalue weighted by molar-refractivity contribution is 0.0995. The number of hydrogen-bond donors (Lipinski definition) is 1. The van der Waals surface area contributed by atoms with Crippen LogP contribution in [0.1, 0.15) is 10.5 Å². The molecule has 1 amide bonds. The molecular formula is C10H9FN4O2. The minimum atomic E-state index is -0.676. The van der Waals surface area contributed by atoms with Crippen molar-refractivity contribution in [3.05, 3.63) is 36.0 Å². The number of hydrogen-bond acceptors (Lipinski definition) is 4. The van der Waals surface area contributed by atoms with E-state index in [2.05, 4.69) is 10.1 Å². The maximum absolute atomic E-state index is 13.5. The van der Waals surface area contributed by atoms with Gasteiger partial charge in [-0.1, -0.05) is 0 Å².